The van der Waals surface area contributed by atoms with Gasteiger partial charge in [-0.15, -0.1) is 0 Å². The first-order valence-electron chi connectivity index (χ1n) is 8.71. The summed E-state index contributed by atoms with van der Waals surface area (Å²) in [5, 5.41) is 7.46. The molecule has 0 amide bonds. The number of anilines is 1. The van der Waals surface area contributed by atoms with Crippen LogP contribution in [-0.2, 0) is 0 Å². The van der Waals surface area contributed by atoms with E-state index < -0.39 is 0 Å². The highest BCUT2D eigenvalue weighted by Crippen LogP contribution is 2.27. The molecule has 28 heavy (non-hydrogen) atoms. The van der Waals surface area contributed by atoms with Gasteiger partial charge in [0.15, 0.2) is 11.5 Å². The maximum atomic E-state index is 13.9. The van der Waals surface area contributed by atoms with Crippen LogP contribution in [0, 0.1) is 5.82 Å². The summed E-state index contributed by atoms with van der Waals surface area (Å²) in [6, 6.07) is 9.85. The van der Waals surface area contributed by atoms with Gasteiger partial charge < -0.3 is 5.32 Å². The van der Waals surface area contributed by atoms with E-state index in [1.165, 1.54) is 18.5 Å². The van der Waals surface area contributed by atoms with E-state index in [2.05, 4.69) is 25.4 Å². The molecule has 4 heterocycles. The average molecular weight is 374 g/mol. The van der Waals surface area contributed by atoms with Gasteiger partial charge in [0.25, 0.3) is 0 Å². The second-order valence-corrected chi connectivity index (χ2v) is 6.30. The minimum atomic E-state index is -0.327. The lowest BCUT2D eigenvalue weighted by Gasteiger charge is -2.16. The number of nitrogens with one attached hydrogen (secondary N) is 1. The molecule has 0 spiro atoms. The van der Waals surface area contributed by atoms with Crippen LogP contribution in [0.2, 0.25) is 0 Å². The largest absolute Gasteiger partial charge is 0.357 e. The highest BCUT2D eigenvalue weighted by molar-refractivity contribution is 5.78. The molecule has 0 unspecified atom stereocenters. The van der Waals surface area contributed by atoms with Crippen LogP contribution in [0.25, 0.3) is 22.5 Å². The lowest BCUT2D eigenvalue weighted by molar-refractivity contribution is 0.629. The van der Waals surface area contributed by atoms with Crippen LogP contribution in [0.1, 0.15) is 18.8 Å². The molecule has 0 saturated heterocycles. The van der Waals surface area contributed by atoms with Crippen molar-refractivity contribution < 1.29 is 4.39 Å². The molecule has 0 aliphatic rings. The van der Waals surface area contributed by atoms with Gasteiger partial charge in [-0.05, 0) is 31.2 Å². The first kappa shape index (κ1) is 16.3. The van der Waals surface area contributed by atoms with E-state index in [9.17, 15) is 4.39 Å². The molecule has 5 aromatic rings. The van der Waals surface area contributed by atoms with Gasteiger partial charge in [0.2, 0.25) is 0 Å². The van der Waals surface area contributed by atoms with Crippen LogP contribution in [0.5, 0.6) is 0 Å². The quantitative estimate of drug-likeness (QED) is 0.520. The standard InChI is InChI=1S/C19H15FN8/c1-12(25-17-19-22-8-9-27(19)24-11-23-17)18-26-14-6-5-13(20)10-15(14)28(18)16-4-2-3-7-21-16/h2-12H,1H3,(H,23,24,25)/t12-/m0/s1. The minimum absolute atomic E-state index is 0.257. The number of fused-ring (bicyclic) bond motifs is 2. The zero-order valence-corrected chi connectivity index (χ0v) is 14.9. The molecule has 0 aliphatic carbocycles. The van der Waals surface area contributed by atoms with E-state index in [1.807, 2.05) is 29.7 Å². The Kier molecular flexibility index (Phi) is 3.71. The fraction of sp³-hybridized carbons (Fsp3) is 0.105. The van der Waals surface area contributed by atoms with Gasteiger partial charge in [0.1, 0.15) is 23.8 Å². The van der Waals surface area contributed by atoms with Crippen molar-refractivity contribution in [3.63, 3.8) is 0 Å². The number of nitrogens with zero attached hydrogens (tertiary/aromatic N) is 7. The molecule has 0 saturated carbocycles. The van der Waals surface area contributed by atoms with E-state index in [0.29, 0.717) is 34.1 Å². The average Bonchev–Trinajstić information content (AvgIpc) is 3.33. The summed E-state index contributed by atoms with van der Waals surface area (Å²) < 4.78 is 17.4. The lowest BCUT2D eigenvalue weighted by Crippen LogP contribution is -2.15. The molecule has 8 nitrogen and oxygen atoms in total. The molecule has 0 fully saturated rings. The van der Waals surface area contributed by atoms with Crippen LogP contribution in [-0.4, -0.2) is 34.1 Å². The molecular weight excluding hydrogens is 359 g/mol. The molecule has 4 aromatic heterocycles. The summed E-state index contributed by atoms with van der Waals surface area (Å²) in [5.41, 5.74) is 1.95. The highest BCUT2D eigenvalue weighted by atomic mass is 19.1. The summed E-state index contributed by atoms with van der Waals surface area (Å²) >= 11 is 0. The second-order valence-electron chi connectivity index (χ2n) is 6.30. The van der Waals surface area contributed by atoms with Crippen molar-refractivity contribution in [2.45, 2.75) is 13.0 Å². The Morgan fingerprint density at radius 3 is 2.86 bits per heavy atom. The molecule has 1 atom stereocenters. The Balaban J connectivity index is 1.64. The number of hydrogen-bond donors (Lipinski definition) is 1. The van der Waals surface area contributed by atoms with Gasteiger partial charge >= 0.3 is 0 Å². The predicted molar refractivity (Wildman–Crippen MR) is 102 cm³/mol. The lowest BCUT2D eigenvalue weighted by atomic mass is 10.3. The number of pyridine rings is 1. The van der Waals surface area contributed by atoms with Crippen molar-refractivity contribution in [1.29, 1.82) is 0 Å². The Hall–Kier alpha value is -3.88. The Morgan fingerprint density at radius 2 is 2.00 bits per heavy atom. The number of imidazole rings is 2. The summed E-state index contributed by atoms with van der Waals surface area (Å²) in [5.74, 6) is 1.60. The maximum Gasteiger partial charge on any atom is 0.196 e. The van der Waals surface area contributed by atoms with Crippen molar-refractivity contribution in [2.75, 3.05) is 5.32 Å². The number of hydrogen-bond acceptors (Lipinski definition) is 6. The van der Waals surface area contributed by atoms with Gasteiger partial charge in [0, 0.05) is 24.7 Å². The van der Waals surface area contributed by atoms with Gasteiger partial charge in [0.05, 0.1) is 17.1 Å². The number of benzene rings is 1. The summed E-state index contributed by atoms with van der Waals surface area (Å²) in [6.07, 6.45) is 6.56. The van der Waals surface area contributed by atoms with E-state index in [0.717, 1.165) is 0 Å². The van der Waals surface area contributed by atoms with Crippen LogP contribution < -0.4 is 5.32 Å². The van der Waals surface area contributed by atoms with Gasteiger partial charge in [-0.1, -0.05) is 6.07 Å². The van der Waals surface area contributed by atoms with E-state index in [4.69, 9.17) is 4.98 Å². The van der Waals surface area contributed by atoms with Gasteiger partial charge in [-0.2, -0.15) is 5.10 Å². The van der Waals surface area contributed by atoms with E-state index >= 15 is 0 Å². The van der Waals surface area contributed by atoms with Gasteiger partial charge in [-0.3, -0.25) is 4.57 Å². The molecule has 1 aromatic carbocycles. The van der Waals surface area contributed by atoms with Crippen LogP contribution in [0.15, 0.2) is 61.3 Å². The third-order valence-electron chi connectivity index (χ3n) is 4.46. The number of aromatic nitrogens is 7. The Bertz CT molecular complexity index is 1280. The molecule has 0 bridgehead atoms. The molecule has 0 aliphatic heterocycles. The Labute approximate surface area is 158 Å². The first-order chi connectivity index (χ1) is 13.7. The van der Waals surface area contributed by atoms with Crippen molar-refractivity contribution in [3.05, 3.63) is 73.0 Å². The van der Waals surface area contributed by atoms with Crippen molar-refractivity contribution in [3.8, 4) is 5.82 Å². The molecular formula is C19H15FN8. The van der Waals surface area contributed by atoms with Crippen LogP contribution in [0.3, 0.4) is 0 Å². The smallest absolute Gasteiger partial charge is 0.196 e. The summed E-state index contributed by atoms with van der Waals surface area (Å²) in [7, 11) is 0. The Morgan fingerprint density at radius 1 is 1.07 bits per heavy atom. The number of rotatable bonds is 4. The SMILES string of the molecule is C[C@H](Nc1ncnn2ccnc12)c1nc2ccc(F)cc2n1-c1ccccn1. The molecule has 138 valence electrons. The molecule has 9 heteroatoms. The zero-order valence-electron chi connectivity index (χ0n) is 14.9. The molecule has 0 radical (unpaired) electrons. The molecule has 5 rings (SSSR count). The third-order valence-corrected chi connectivity index (χ3v) is 4.46. The summed E-state index contributed by atoms with van der Waals surface area (Å²) in [4.78, 5) is 17.7. The van der Waals surface area contributed by atoms with Crippen molar-refractivity contribution >= 4 is 22.5 Å². The second kappa shape index (κ2) is 6.38. The van der Waals surface area contributed by atoms with Crippen LogP contribution in [0.4, 0.5) is 10.2 Å². The number of halogens is 1. The third kappa shape index (κ3) is 2.64. The zero-order chi connectivity index (χ0) is 19.1. The van der Waals surface area contributed by atoms with Crippen molar-refractivity contribution in [2.24, 2.45) is 0 Å². The van der Waals surface area contributed by atoms with E-state index in [-0.39, 0.29) is 11.9 Å². The topological polar surface area (TPSA) is 85.8 Å². The summed E-state index contributed by atoms with van der Waals surface area (Å²) in [6.45, 7) is 1.96. The predicted octanol–water partition coefficient (Wildman–Crippen LogP) is 3.17. The first-order valence-corrected chi connectivity index (χ1v) is 8.71. The van der Waals surface area contributed by atoms with E-state index in [1.54, 1.807) is 29.2 Å². The fourth-order valence-electron chi connectivity index (χ4n) is 3.21. The minimum Gasteiger partial charge on any atom is -0.357 e. The highest BCUT2D eigenvalue weighted by Gasteiger charge is 2.20. The van der Waals surface area contributed by atoms with Crippen LogP contribution >= 0.6 is 0 Å². The fourth-order valence-corrected chi connectivity index (χ4v) is 3.21. The monoisotopic (exact) mass is 374 g/mol. The normalized spacial score (nSPS) is 12.5. The maximum absolute atomic E-state index is 13.9. The van der Waals surface area contributed by atoms with Crippen molar-refractivity contribution in [1.82, 2.24) is 34.1 Å². The van der Waals surface area contributed by atoms with Gasteiger partial charge in [-0.25, -0.2) is 28.8 Å². The molecule has 1 N–H and O–H groups in total.